The molecule has 0 saturated heterocycles. The number of allylic oxidation sites excluding steroid dienone is 1. The molecule has 0 unspecified atom stereocenters. The Morgan fingerprint density at radius 3 is 2.42 bits per heavy atom. The summed E-state index contributed by atoms with van der Waals surface area (Å²) in [4.78, 5) is 35.3. The molecule has 1 saturated carbocycles. The minimum Gasteiger partial charge on any atom is -0.444 e. The van der Waals surface area contributed by atoms with Crippen molar-refractivity contribution in [2.75, 3.05) is 17.2 Å². The molecule has 0 bridgehead atoms. The third-order valence-corrected chi connectivity index (χ3v) is 3.35. The van der Waals surface area contributed by atoms with Gasteiger partial charge in [0.05, 0.1) is 0 Å². The zero-order valence-corrected chi connectivity index (χ0v) is 15.3. The number of carbonyl (C=O) groups excluding carboxylic acids is 3. The largest absolute Gasteiger partial charge is 0.444 e. The molecule has 3 amide bonds. The molecule has 1 fully saturated rings. The van der Waals surface area contributed by atoms with Crippen LogP contribution in [0.4, 0.5) is 16.2 Å². The van der Waals surface area contributed by atoms with E-state index >= 15 is 0 Å². The van der Waals surface area contributed by atoms with Gasteiger partial charge in [0.25, 0.3) is 0 Å². The van der Waals surface area contributed by atoms with Gasteiger partial charge in [-0.05, 0) is 63.8 Å². The fraction of sp³-hybridized carbons (Fsp3) is 0.421. The normalized spacial score (nSPS) is 14.0. The molecule has 0 aromatic heterocycles. The Morgan fingerprint density at radius 2 is 1.81 bits per heavy atom. The van der Waals surface area contributed by atoms with Crippen molar-refractivity contribution in [2.24, 2.45) is 5.92 Å². The minimum absolute atomic E-state index is 0.202. The maximum absolute atomic E-state index is 11.9. The molecule has 1 aromatic rings. The molecule has 2 rings (SSSR count). The van der Waals surface area contributed by atoms with E-state index in [9.17, 15) is 14.4 Å². The number of rotatable bonds is 6. The van der Waals surface area contributed by atoms with Gasteiger partial charge in [0.2, 0.25) is 11.8 Å². The third kappa shape index (κ3) is 7.83. The summed E-state index contributed by atoms with van der Waals surface area (Å²) in [5.74, 6) is -0.0659. The molecule has 1 aromatic carbocycles. The number of carbonyl (C=O) groups is 3. The molecule has 3 N–H and O–H groups in total. The van der Waals surface area contributed by atoms with E-state index in [1.54, 1.807) is 45.0 Å². The Balaban J connectivity index is 1.80. The first-order chi connectivity index (χ1) is 12.2. The van der Waals surface area contributed by atoms with Gasteiger partial charge in [0.1, 0.15) is 12.1 Å². The SMILES string of the molecule is CC(C)(C)OC(=O)NCC(=O)Nc1cccc(NC(=O)/C=C/C2CC2)c1. The van der Waals surface area contributed by atoms with Gasteiger partial charge in [-0.3, -0.25) is 9.59 Å². The molecule has 1 aliphatic carbocycles. The highest BCUT2D eigenvalue weighted by Gasteiger charge is 2.18. The van der Waals surface area contributed by atoms with Crippen molar-refractivity contribution in [3.8, 4) is 0 Å². The molecule has 0 heterocycles. The summed E-state index contributed by atoms with van der Waals surface area (Å²) in [6.45, 7) is 5.01. The molecule has 26 heavy (non-hydrogen) atoms. The Bertz CT molecular complexity index is 703. The summed E-state index contributed by atoms with van der Waals surface area (Å²) in [7, 11) is 0. The molecule has 140 valence electrons. The highest BCUT2D eigenvalue weighted by atomic mass is 16.6. The van der Waals surface area contributed by atoms with Crippen molar-refractivity contribution in [1.29, 1.82) is 0 Å². The number of amides is 3. The van der Waals surface area contributed by atoms with Crippen molar-refractivity contribution in [2.45, 2.75) is 39.2 Å². The Labute approximate surface area is 153 Å². The zero-order valence-electron chi connectivity index (χ0n) is 15.3. The van der Waals surface area contributed by atoms with Crippen LogP contribution in [-0.2, 0) is 14.3 Å². The van der Waals surface area contributed by atoms with E-state index in [0.29, 0.717) is 17.3 Å². The molecule has 7 nitrogen and oxygen atoms in total. The van der Waals surface area contributed by atoms with Crippen LogP contribution in [0.5, 0.6) is 0 Å². The van der Waals surface area contributed by atoms with Crippen molar-refractivity contribution in [1.82, 2.24) is 5.32 Å². The van der Waals surface area contributed by atoms with Crippen LogP contribution in [0.3, 0.4) is 0 Å². The number of ether oxygens (including phenoxy) is 1. The first-order valence-corrected chi connectivity index (χ1v) is 8.57. The predicted octanol–water partition coefficient (Wildman–Crippen LogP) is 3.05. The van der Waals surface area contributed by atoms with E-state index in [1.165, 1.54) is 6.08 Å². The maximum atomic E-state index is 11.9. The lowest BCUT2D eigenvalue weighted by Crippen LogP contribution is -2.37. The van der Waals surface area contributed by atoms with E-state index in [2.05, 4.69) is 16.0 Å². The molecule has 0 atom stereocenters. The average molecular weight is 359 g/mol. The van der Waals surface area contributed by atoms with E-state index in [0.717, 1.165) is 12.8 Å². The summed E-state index contributed by atoms with van der Waals surface area (Å²) in [5.41, 5.74) is 0.472. The topological polar surface area (TPSA) is 96.5 Å². The van der Waals surface area contributed by atoms with E-state index in [4.69, 9.17) is 4.74 Å². The second-order valence-electron chi connectivity index (χ2n) is 7.17. The van der Waals surface area contributed by atoms with Crippen molar-refractivity contribution in [3.05, 3.63) is 36.4 Å². The second kappa shape index (κ2) is 8.51. The van der Waals surface area contributed by atoms with Crippen LogP contribution in [0.2, 0.25) is 0 Å². The number of hydrogen-bond donors (Lipinski definition) is 3. The van der Waals surface area contributed by atoms with Gasteiger partial charge in [-0.15, -0.1) is 0 Å². The summed E-state index contributed by atoms with van der Waals surface area (Å²) in [6, 6.07) is 6.80. The molecule has 1 aliphatic rings. The lowest BCUT2D eigenvalue weighted by Gasteiger charge is -2.19. The average Bonchev–Trinajstić information content (AvgIpc) is 3.34. The van der Waals surface area contributed by atoms with Crippen molar-refractivity contribution in [3.63, 3.8) is 0 Å². The first kappa shape index (κ1) is 19.5. The van der Waals surface area contributed by atoms with Gasteiger partial charge in [-0.1, -0.05) is 12.1 Å². The summed E-state index contributed by atoms with van der Waals surface area (Å²) in [6.07, 6.45) is 5.07. The maximum Gasteiger partial charge on any atom is 0.408 e. The van der Waals surface area contributed by atoms with E-state index < -0.39 is 17.6 Å². The second-order valence-corrected chi connectivity index (χ2v) is 7.17. The third-order valence-electron chi connectivity index (χ3n) is 3.35. The summed E-state index contributed by atoms with van der Waals surface area (Å²) >= 11 is 0. The van der Waals surface area contributed by atoms with Gasteiger partial charge in [-0.2, -0.15) is 0 Å². The molecule has 7 heteroatoms. The lowest BCUT2D eigenvalue weighted by atomic mass is 10.2. The number of benzene rings is 1. The molecule has 0 aliphatic heterocycles. The van der Waals surface area contributed by atoms with Gasteiger partial charge >= 0.3 is 6.09 Å². The Hall–Kier alpha value is -2.83. The minimum atomic E-state index is -0.656. The van der Waals surface area contributed by atoms with Crippen LogP contribution in [-0.4, -0.2) is 30.1 Å². The number of alkyl carbamates (subject to hydrolysis) is 1. The highest BCUT2D eigenvalue weighted by molar-refractivity contribution is 6.00. The van der Waals surface area contributed by atoms with Gasteiger partial charge in [-0.25, -0.2) is 4.79 Å². The summed E-state index contributed by atoms with van der Waals surface area (Å²) in [5, 5.41) is 7.79. The molecular weight excluding hydrogens is 334 g/mol. The lowest BCUT2D eigenvalue weighted by molar-refractivity contribution is -0.115. The van der Waals surface area contributed by atoms with Crippen LogP contribution in [0.15, 0.2) is 36.4 Å². The van der Waals surface area contributed by atoms with Gasteiger partial charge < -0.3 is 20.7 Å². The Morgan fingerprint density at radius 1 is 1.15 bits per heavy atom. The Kier molecular flexibility index (Phi) is 6.38. The summed E-state index contributed by atoms with van der Waals surface area (Å²) < 4.78 is 5.06. The smallest absolute Gasteiger partial charge is 0.408 e. The number of nitrogens with one attached hydrogen (secondary N) is 3. The molecular formula is C19H25N3O4. The van der Waals surface area contributed by atoms with Crippen LogP contribution in [0.25, 0.3) is 0 Å². The quantitative estimate of drug-likeness (QED) is 0.680. The van der Waals surface area contributed by atoms with Crippen molar-refractivity contribution >= 4 is 29.3 Å². The fourth-order valence-electron chi connectivity index (χ4n) is 2.04. The van der Waals surface area contributed by atoms with Crippen LogP contribution in [0, 0.1) is 5.92 Å². The van der Waals surface area contributed by atoms with Crippen LogP contribution < -0.4 is 16.0 Å². The molecule has 0 radical (unpaired) electrons. The first-order valence-electron chi connectivity index (χ1n) is 8.57. The van der Waals surface area contributed by atoms with Crippen LogP contribution >= 0.6 is 0 Å². The standard InChI is InChI=1S/C19H25N3O4/c1-19(2,3)26-18(25)20-12-17(24)22-15-6-4-5-14(11-15)21-16(23)10-9-13-7-8-13/h4-6,9-11,13H,7-8,12H2,1-3H3,(H,20,25)(H,21,23)(H,22,24)/b10-9+. The number of anilines is 2. The van der Waals surface area contributed by atoms with Gasteiger partial charge in [0.15, 0.2) is 0 Å². The fourth-order valence-corrected chi connectivity index (χ4v) is 2.04. The highest BCUT2D eigenvalue weighted by Crippen LogP contribution is 2.30. The van der Waals surface area contributed by atoms with Gasteiger partial charge in [0, 0.05) is 11.4 Å². The number of hydrogen-bond acceptors (Lipinski definition) is 4. The monoisotopic (exact) mass is 359 g/mol. The van der Waals surface area contributed by atoms with E-state index in [-0.39, 0.29) is 12.5 Å². The molecule has 0 spiro atoms. The van der Waals surface area contributed by atoms with Crippen molar-refractivity contribution < 1.29 is 19.1 Å². The van der Waals surface area contributed by atoms with Crippen LogP contribution in [0.1, 0.15) is 33.6 Å². The predicted molar refractivity (Wildman–Crippen MR) is 99.8 cm³/mol. The van der Waals surface area contributed by atoms with E-state index in [1.807, 2.05) is 6.08 Å². The zero-order chi connectivity index (χ0) is 19.2.